The molecular weight excluding hydrogens is 246 g/mol. The third-order valence-electron chi connectivity index (χ3n) is 2.77. The lowest BCUT2D eigenvalue weighted by Gasteiger charge is -2.16. The second-order valence-corrected chi connectivity index (χ2v) is 4.24. The van der Waals surface area contributed by atoms with Crippen LogP contribution < -0.4 is 5.32 Å². The van der Waals surface area contributed by atoms with Crippen molar-refractivity contribution in [1.29, 1.82) is 0 Å². The van der Waals surface area contributed by atoms with Gasteiger partial charge < -0.3 is 15.2 Å². The maximum atomic E-state index is 11.9. The number of hydrogen-bond donors (Lipinski definition) is 2. The number of carbonyl (C=O) groups excluding carboxylic acids is 2. The summed E-state index contributed by atoms with van der Waals surface area (Å²) < 4.78 is 4.67. The van der Waals surface area contributed by atoms with Crippen LogP contribution in [-0.2, 0) is 9.53 Å². The molecule has 1 amide bonds. The quantitative estimate of drug-likeness (QED) is 0.770. The molecule has 1 aromatic carbocycles. The van der Waals surface area contributed by atoms with E-state index in [1.165, 1.54) is 31.4 Å². The predicted octanol–water partition coefficient (Wildman–Crippen LogP) is 1.85. The van der Waals surface area contributed by atoms with Crippen molar-refractivity contribution in [1.82, 2.24) is 5.32 Å². The van der Waals surface area contributed by atoms with Gasteiger partial charge in [-0.25, -0.2) is 4.79 Å². The molecule has 104 valence electrons. The number of unbranched alkanes of at least 4 members (excludes halogenated alkanes) is 1. The summed E-state index contributed by atoms with van der Waals surface area (Å²) in [6, 6.07) is 5.21. The Kier molecular flexibility index (Phi) is 5.85. The molecule has 0 bridgehead atoms. The smallest absolute Gasteiger partial charge is 0.328 e. The molecule has 0 radical (unpaired) electrons. The van der Waals surface area contributed by atoms with Crippen molar-refractivity contribution in [3.05, 3.63) is 29.8 Å². The molecule has 19 heavy (non-hydrogen) atoms. The van der Waals surface area contributed by atoms with E-state index in [1.807, 2.05) is 6.92 Å². The molecule has 0 aliphatic carbocycles. The van der Waals surface area contributed by atoms with Gasteiger partial charge in [0.2, 0.25) is 0 Å². The Bertz CT molecular complexity index is 428. The topological polar surface area (TPSA) is 75.6 Å². The molecule has 0 aliphatic heterocycles. The summed E-state index contributed by atoms with van der Waals surface area (Å²) in [5, 5.41) is 11.8. The van der Waals surface area contributed by atoms with Crippen molar-refractivity contribution in [2.24, 2.45) is 0 Å². The largest absolute Gasteiger partial charge is 0.508 e. The van der Waals surface area contributed by atoms with Gasteiger partial charge in [0.05, 0.1) is 7.11 Å². The van der Waals surface area contributed by atoms with Gasteiger partial charge in [0.25, 0.3) is 5.91 Å². The summed E-state index contributed by atoms with van der Waals surface area (Å²) in [4.78, 5) is 23.5. The molecule has 0 aromatic heterocycles. The molecule has 1 aromatic rings. The van der Waals surface area contributed by atoms with Crippen LogP contribution in [0.15, 0.2) is 24.3 Å². The van der Waals surface area contributed by atoms with Crippen molar-refractivity contribution in [2.45, 2.75) is 32.2 Å². The normalized spacial score (nSPS) is 11.7. The first-order valence-corrected chi connectivity index (χ1v) is 6.26. The zero-order chi connectivity index (χ0) is 14.3. The third-order valence-corrected chi connectivity index (χ3v) is 2.77. The van der Waals surface area contributed by atoms with Crippen molar-refractivity contribution in [2.75, 3.05) is 7.11 Å². The summed E-state index contributed by atoms with van der Waals surface area (Å²) in [5.41, 5.74) is 0.392. The van der Waals surface area contributed by atoms with Gasteiger partial charge in [0, 0.05) is 5.56 Å². The summed E-state index contributed by atoms with van der Waals surface area (Å²) in [7, 11) is 1.30. The Hall–Kier alpha value is -2.04. The molecule has 0 spiro atoms. The Morgan fingerprint density at radius 1 is 1.32 bits per heavy atom. The van der Waals surface area contributed by atoms with E-state index in [0.717, 1.165) is 12.8 Å². The number of carbonyl (C=O) groups is 2. The number of ether oxygens (including phenoxy) is 1. The van der Waals surface area contributed by atoms with Crippen molar-refractivity contribution >= 4 is 11.9 Å². The van der Waals surface area contributed by atoms with Crippen LogP contribution in [0, 0.1) is 0 Å². The average Bonchev–Trinajstić information content (AvgIpc) is 2.43. The van der Waals surface area contributed by atoms with Crippen molar-refractivity contribution < 1.29 is 19.4 Å². The first-order chi connectivity index (χ1) is 9.08. The zero-order valence-corrected chi connectivity index (χ0v) is 11.2. The van der Waals surface area contributed by atoms with Crippen LogP contribution in [0.1, 0.15) is 36.5 Å². The van der Waals surface area contributed by atoms with E-state index in [4.69, 9.17) is 5.11 Å². The first kappa shape index (κ1) is 15.0. The second kappa shape index (κ2) is 7.41. The molecule has 0 aliphatic rings. The molecule has 5 nitrogen and oxygen atoms in total. The molecule has 0 heterocycles. The molecule has 0 saturated carbocycles. The lowest BCUT2D eigenvalue weighted by molar-refractivity contribution is -0.143. The van der Waals surface area contributed by atoms with E-state index >= 15 is 0 Å². The minimum atomic E-state index is -0.633. The third kappa shape index (κ3) is 4.62. The lowest BCUT2D eigenvalue weighted by atomic mass is 10.1. The highest BCUT2D eigenvalue weighted by atomic mass is 16.5. The van der Waals surface area contributed by atoms with E-state index < -0.39 is 12.0 Å². The Morgan fingerprint density at radius 3 is 2.47 bits per heavy atom. The van der Waals surface area contributed by atoms with E-state index in [-0.39, 0.29) is 11.7 Å². The Labute approximate surface area is 112 Å². The van der Waals surface area contributed by atoms with Gasteiger partial charge in [-0.2, -0.15) is 0 Å². The number of esters is 1. The van der Waals surface area contributed by atoms with Gasteiger partial charge in [-0.1, -0.05) is 19.8 Å². The molecule has 0 unspecified atom stereocenters. The number of methoxy groups -OCH3 is 1. The fourth-order valence-corrected chi connectivity index (χ4v) is 1.65. The van der Waals surface area contributed by atoms with E-state index in [2.05, 4.69) is 10.1 Å². The first-order valence-electron chi connectivity index (χ1n) is 6.26. The fraction of sp³-hybridized carbons (Fsp3) is 0.429. The zero-order valence-electron chi connectivity index (χ0n) is 11.2. The van der Waals surface area contributed by atoms with E-state index in [9.17, 15) is 9.59 Å². The standard InChI is InChI=1S/C14H19NO4/c1-3-4-5-12(14(18)19-2)15-13(17)10-6-8-11(16)9-7-10/h6-9,12,16H,3-5H2,1-2H3,(H,15,17)/t12-/m0/s1. The fourth-order valence-electron chi connectivity index (χ4n) is 1.65. The van der Waals surface area contributed by atoms with Crippen LogP contribution in [0.25, 0.3) is 0 Å². The van der Waals surface area contributed by atoms with Crippen LogP contribution >= 0.6 is 0 Å². The maximum Gasteiger partial charge on any atom is 0.328 e. The number of aromatic hydroxyl groups is 1. The molecular formula is C14H19NO4. The van der Waals surface area contributed by atoms with Crippen LogP contribution in [0.5, 0.6) is 5.75 Å². The molecule has 5 heteroatoms. The number of rotatable bonds is 6. The highest BCUT2D eigenvalue weighted by molar-refractivity contribution is 5.96. The number of amides is 1. The highest BCUT2D eigenvalue weighted by Gasteiger charge is 2.21. The summed E-state index contributed by atoms with van der Waals surface area (Å²) in [6.07, 6.45) is 2.31. The number of phenolic OH excluding ortho intramolecular Hbond substituents is 1. The van der Waals surface area contributed by atoms with Crippen molar-refractivity contribution in [3.63, 3.8) is 0 Å². The van der Waals surface area contributed by atoms with Gasteiger partial charge >= 0.3 is 5.97 Å². The number of hydrogen-bond acceptors (Lipinski definition) is 4. The molecule has 0 fully saturated rings. The van der Waals surface area contributed by atoms with Crippen LogP contribution in [0.4, 0.5) is 0 Å². The van der Waals surface area contributed by atoms with Gasteiger partial charge in [-0.3, -0.25) is 4.79 Å². The van der Waals surface area contributed by atoms with Gasteiger partial charge in [-0.05, 0) is 30.7 Å². The predicted molar refractivity (Wildman–Crippen MR) is 70.9 cm³/mol. The number of phenols is 1. The number of nitrogens with one attached hydrogen (secondary N) is 1. The van der Waals surface area contributed by atoms with Crippen LogP contribution in [-0.4, -0.2) is 30.1 Å². The summed E-state index contributed by atoms with van der Waals surface area (Å²) in [5.74, 6) is -0.709. The average molecular weight is 265 g/mol. The Morgan fingerprint density at radius 2 is 1.95 bits per heavy atom. The molecule has 2 N–H and O–H groups in total. The van der Waals surface area contributed by atoms with Gasteiger partial charge in [0.15, 0.2) is 0 Å². The van der Waals surface area contributed by atoms with Crippen LogP contribution in [0.2, 0.25) is 0 Å². The number of benzene rings is 1. The monoisotopic (exact) mass is 265 g/mol. The molecule has 0 saturated heterocycles. The second-order valence-electron chi connectivity index (χ2n) is 4.24. The van der Waals surface area contributed by atoms with E-state index in [1.54, 1.807) is 0 Å². The Balaban J connectivity index is 2.69. The highest BCUT2D eigenvalue weighted by Crippen LogP contribution is 2.10. The summed E-state index contributed by atoms with van der Waals surface area (Å²) in [6.45, 7) is 2.01. The van der Waals surface area contributed by atoms with Gasteiger partial charge in [0.1, 0.15) is 11.8 Å². The van der Waals surface area contributed by atoms with Gasteiger partial charge in [-0.15, -0.1) is 0 Å². The SMILES string of the molecule is CCCC[C@H](NC(=O)c1ccc(O)cc1)C(=O)OC. The van der Waals surface area contributed by atoms with Crippen molar-refractivity contribution in [3.8, 4) is 5.75 Å². The minimum absolute atomic E-state index is 0.0899. The molecule has 1 atom stereocenters. The minimum Gasteiger partial charge on any atom is -0.508 e. The van der Waals surface area contributed by atoms with Crippen LogP contribution in [0.3, 0.4) is 0 Å². The maximum absolute atomic E-state index is 11.9. The lowest BCUT2D eigenvalue weighted by Crippen LogP contribution is -2.41. The molecule has 1 rings (SSSR count). The summed E-state index contributed by atoms with van der Waals surface area (Å²) >= 11 is 0. The van der Waals surface area contributed by atoms with E-state index in [0.29, 0.717) is 12.0 Å².